The van der Waals surface area contributed by atoms with E-state index in [4.69, 9.17) is 4.74 Å². The Kier molecular flexibility index (Phi) is 5.16. The summed E-state index contributed by atoms with van der Waals surface area (Å²) >= 11 is 0. The van der Waals surface area contributed by atoms with Gasteiger partial charge in [0.1, 0.15) is 5.75 Å². The number of hydrogen-bond acceptors (Lipinski definition) is 5. The number of fused-ring (bicyclic) bond motifs is 1. The number of aldehydes is 1. The lowest BCUT2D eigenvalue weighted by atomic mass is 9.96. The molecule has 1 amide bonds. The Balaban J connectivity index is 1.65. The zero-order chi connectivity index (χ0) is 17.1. The molecule has 0 aromatic heterocycles. The number of carbonyl (C=O) groups is 2. The molecular formula is C18H25N3O3. The molecule has 6 heteroatoms. The van der Waals surface area contributed by atoms with E-state index in [0.29, 0.717) is 30.9 Å². The highest BCUT2D eigenvalue weighted by Gasteiger charge is 2.24. The van der Waals surface area contributed by atoms with Crippen LogP contribution in [0.2, 0.25) is 0 Å². The smallest absolute Gasteiger partial charge is 0.237 e. The minimum atomic E-state index is 0.184. The fourth-order valence-electron chi connectivity index (χ4n) is 3.38. The molecule has 0 aliphatic carbocycles. The first-order valence-corrected chi connectivity index (χ1v) is 8.44. The fraction of sp³-hybridized carbons (Fsp3) is 0.556. The average molecular weight is 331 g/mol. The highest BCUT2D eigenvalue weighted by Crippen LogP contribution is 2.27. The van der Waals surface area contributed by atoms with Gasteiger partial charge in [0, 0.05) is 39.3 Å². The summed E-state index contributed by atoms with van der Waals surface area (Å²) in [7, 11) is 3.68. The van der Waals surface area contributed by atoms with E-state index in [1.807, 2.05) is 17.0 Å². The third-order valence-corrected chi connectivity index (χ3v) is 5.00. The lowest BCUT2D eigenvalue weighted by Crippen LogP contribution is -2.49. The van der Waals surface area contributed by atoms with Gasteiger partial charge >= 0.3 is 0 Å². The number of likely N-dealkylation sites (N-methyl/N-ethyl adjacent to an activating group) is 1. The average Bonchev–Trinajstić information content (AvgIpc) is 2.61. The molecule has 6 nitrogen and oxygen atoms in total. The van der Waals surface area contributed by atoms with Crippen LogP contribution in [0.3, 0.4) is 0 Å². The predicted molar refractivity (Wildman–Crippen MR) is 91.4 cm³/mol. The van der Waals surface area contributed by atoms with Gasteiger partial charge in [-0.15, -0.1) is 0 Å². The molecule has 1 aromatic carbocycles. The third kappa shape index (κ3) is 3.60. The number of rotatable bonds is 4. The summed E-state index contributed by atoms with van der Waals surface area (Å²) in [6, 6.07) is 3.79. The number of amides is 1. The van der Waals surface area contributed by atoms with Crippen LogP contribution in [-0.4, -0.2) is 80.3 Å². The number of ether oxygens (including phenoxy) is 1. The number of carbonyl (C=O) groups excluding carboxylic acids is 2. The van der Waals surface area contributed by atoms with E-state index in [9.17, 15) is 9.59 Å². The Morgan fingerprint density at radius 3 is 2.58 bits per heavy atom. The molecule has 0 bridgehead atoms. The van der Waals surface area contributed by atoms with E-state index < -0.39 is 0 Å². The van der Waals surface area contributed by atoms with Crippen molar-refractivity contribution in [1.82, 2.24) is 14.7 Å². The van der Waals surface area contributed by atoms with Crippen LogP contribution >= 0.6 is 0 Å². The Morgan fingerprint density at radius 1 is 1.17 bits per heavy atom. The predicted octanol–water partition coefficient (Wildman–Crippen LogP) is 0.640. The normalized spacial score (nSPS) is 19.0. The quantitative estimate of drug-likeness (QED) is 0.758. The van der Waals surface area contributed by atoms with Crippen molar-refractivity contribution in [2.75, 3.05) is 53.4 Å². The molecule has 1 aromatic rings. The molecule has 24 heavy (non-hydrogen) atoms. The SMILES string of the molecule is COc1cc2c(cc1C=O)CCN(C(=O)CN1CCN(C)CC1)C2. The van der Waals surface area contributed by atoms with Crippen molar-refractivity contribution in [3.05, 3.63) is 28.8 Å². The summed E-state index contributed by atoms with van der Waals surface area (Å²) in [5.74, 6) is 0.765. The zero-order valence-electron chi connectivity index (χ0n) is 14.5. The highest BCUT2D eigenvalue weighted by molar-refractivity contribution is 5.81. The topological polar surface area (TPSA) is 53.1 Å². The first-order valence-electron chi connectivity index (χ1n) is 8.44. The van der Waals surface area contributed by atoms with Crippen molar-refractivity contribution in [1.29, 1.82) is 0 Å². The maximum Gasteiger partial charge on any atom is 0.237 e. The summed E-state index contributed by atoms with van der Waals surface area (Å²) in [5, 5.41) is 0. The van der Waals surface area contributed by atoms with Gasteiger partial charge in [0.15, 0.2) is 6.29 Å². The highest BCUT2D eigenvalue weighted by atomic mass is 16.5. The Labute approximate surface area is 143 Å². The van der Waals surface area contributed by atoms with Crippen LogP contribution in [0.4, 0.5) is 0 Å². The van der Waals surface area contributed by atoms with Crippen LogP contribution in [0.1, 0.15) is 21.5 Å². The van der Waals surface area contributed by atoms with Crippen molar-refractivity contribution in [3.8, 4) is 5.75 Å². The molecule has 0 saturated carbocycles. The minimum absolute atomic E-state index is 0.184. The number of methoxy groups -OCH3 is 1. The van der Waals surface area contributed by atoms with E-state index in [2.05, 4.69) is 16.8 Å². The van der Waals surface area contributed by atoms with Gasteiger partial charge < -0.3 is 14.5 Å². The zero-order valence-corrected chi connectivity index (χ0v) is 14.5. The fourth-order valence-corrected chi connectivity index (χ4v) is 3.38. The molecule has 2 aliphatic rings. The number of benzene rings is 1. The minimum Gasteiger partial charge on any atom is -0.496 e. The van der Waals surface area contributed by atoms with Crippen LogP contribution in [0.15, 0.2) is 12.1 Å². The molecule has 3 rings (SSSR count). The van der Waals surface area contributed by atoms with Crippen LogP contribution in [-0.2, 0) is 17.8 Å². The second-order valence-corrected chi connectivity index (χ2v) is 6.63. The van der Waals surface area contributed by atoms with Crippen molar-refractivity contribution in [3.63, 3.8) is 0 Å². The molecule has 0 unspecified atom stereocenters. The molecule has 130 valence electrons. The summed E-state index contributed by atoms with van der Waals surface area (Å²) in [5.41, 5.74) is 2.80. The third-order valence-electron chi connectivity index (χ3n) is 5.00. The molecule has 0 N–H and O–H groups in total. The van der Waals surface area contributed by atoms with Gasteiger partial charge in [-0.25, -0.2) is 0 Å². The van der Waals surface area contributed by atoms with E-state index in [-0.39, 0.29) is 5.91 Å². The van der Waals surface area contributed by atoms with Crippen LogP contribution in [0.5, 0.6) is 5.75 Å². The Bertz CT molecular complexity index is 624. The largest absolute Gasteiger partial charge is 0.496 e. The van der Waals surface area contributed by atoms with E-state index in [1.165, 1.54) is 0 Å². The molecule has 0 radical (unpaired) electrons. The standard InChI is InChI=1S/C18H25N3O3/c1-19-5-7-20(8-6-19)12-18(23)21-4-3-14-9-16(13-22)17(24-2)10-15(14)11-21/h9-10,13H,3-8,11-12H2,1-2H3. The molecule has 2 aliphatic heterocycles. The van der Waals surface area contributed by atoms with Gasteiger partial charge in [0.05, 0.1) is 19.2 Å². The monoisotopic (exact) mass is 331 g/mol. The molecule has 1 saturated heterocycles. The van der Waals surface area contributed by atoms with Gasteiger partial charge in [-0.2, -0.15) is 0 Å². The van der Waals surface area contributed by atoms with Gasteiger partial charge in [0.25, 0.3) is 0 Å². The molecule has 1 fully saturated rings. The number of hydrogen-bond donors (Lipinski definition) is 0. The van der Waals surface area contributed by atoms with Crippen molar-refractivity contribution in [2.24, 2.45) is 0 Å². The van der Waals surface area contributed by atoms with E-state index in [0.717, 1.165) is 50.0 Å². The first kappa shape index (κ1) is 16.9. The molecule has 0 spiro atoms. The first-order chi connectivity index (χ1) is 11.6. The van der Waals surface area contributed by atoms with Crippen LogP contribution in [0, 0.1) is 0 Å². The van der Waals surface area contributed by atoms with Gasteiger partial charge in [0.2, 0.25) is 5.91 Å². The number of nitrogens with zero attached hydrogens (tertiary/aromatic N) is 3. The summed E-state index contributed by atoms with van der Waals surface area (Å²) < 4.78 is 5.28. The van der Waals surface area contributed by atoms with Gasteiger partial charge in [-0.3, -0.25) is 14.5 Å². The van der Waals surface area contributed by atoms with Gasteiger partial charge in [-0.05, 0) is 36.7 Å². The molecule has 0 atom stereocenters. The lowest BCUT2D eigenvalue weighted by Gasteiger charge is -2.35. The second-order valence-electron chi connectivity index (χ2n) is 6.63. The van der Waals surface area contributed by atoms with E-state index >= 15 is 0 Å². The molecular weight excluding hydrogens is 306 g/mol. The van der Waals surface area contributed by atoms with Gasteiger partial charge in [-0.1, -0.05) is 0 Å². The summed E-state index contributed by atoms with van der Waals surface area (Å²) in [6.07, 6.45) is 1.61. The molecule has 2 heterocycles. The maximum atomic E-state index is 12.6. The van der Waals surface area contributed by atoms with Crippen LogP contribution < -0.4 is 4.74 Å². The lowest BCUT2D eigenvalue weighted by molar-refractivity contribution is -0.133. The van der Waals surface area contributed by atoms with E-state index in [1.54, 1.807) is 7.11 Å². The Hall–Kier alpha value is -1.92. The second kappa shape index (κ2) is 7.32. The van der Waals surface area contributed by atoms with Crippen molar-refractivity contribution < 1.29 is 14.3 Å². The Morgan fingerprint density at radius 2 is 1.92 bits per heavy atom. The summed E-state index contributed by atoms with van der Waals surface area (Å²) in [4.78, 5) is 30.2. The van der Waals surface area contributed by atoms with Crippen molar-refractivity contribution in [2.45, 2.75) is 13.0 Å². The summed E-state index contributed by atoms with van der Waals surface area (Å²) in [6.45, 7) is 5.73. The maximum absolute atomic E-state index is 12.6. The van der Waals surface area contributed by atoms with Crippen molar-refractivity contribution >= 4 is 12.2 Å². The number of piperazine rings is 1. The van der Waals surface area contributed by atoms with Crippen LogP contribution in [0.25, 0.3) is 0 Å².